The van der Waals surface area contributed by atoms with Crippen LogP contribution in [0.3, 0.4) is 0 Å². The maximum Gasteiger partial charge on any atom is -0.00409 e. The van der Waals surface area contributed by atoms with Gasteiger partial charge in [-0.05, 0) is 53.4 Å². The van der Waals surface area contributed by atoms with Gasteiger partial charge >= 0.3 is 0 Å². The minimum absolute atomic E-state index is 0.408. The summed E-state index contributed by atoms with van der Waals surface area (Å²) >= 11 is 0. The topological polar surface area (TPSA) is 0 Å². The predicted molar refractivity (Wildman–Crippen MR) is 106 cm³/mol. The van der Waals surface area contributed by atoms with Crippen LogP contribution < -0.4 is 0 Å². The van der Waals surface area contributed by atoms with Gasteiger partial charge in [-0.15, -0.1) is 0 Å². The fourth-order valence-corrected chi connectivity index (χ4v) is 4.70. The molecule has 1 saturated carbocycles. The van der Waals surface area contributed by atoms with Crippen molar-refractivity contribution < 1.29 is 0 Å². The molecule has 0 heterocycles. The molecule has 0 unspecified atom stereocenters. The van der Waals surface area contributed by atoms with Gasteiger partial charge < -0.3 is 0 Å². The van der Waals surface area contributed by atoms with Crippen molar-refractivity contribution in [3.05, 3.63) is 59.7 Å². The Kier molecular flexibility index (Phi) is 5.76. The lowest BCUT2D eigenvalue weighted by molar-refractivity contribution is 0.272. The van der Waals surface area contributed by atoms with Crippen molar-refractivity contribution in [1.82, 2.24) is 0 Å². The van der Waals surface area contributed by atoms with E-state index in [1.54, 1.807) is 5.56 Å². The van der Waals surface area contributed by atoms with Crippen LogP contribution in [-0.2, 0) is 11.8 Å². The van der Waals surface area contributed by atoms with Crippen LogP contribution >= 0.6 is 0 Å². The molecular formula is C24H32. The molecule has 24 heavy (non-hydrogen) atoms. The van der Waals surface area contributed by atoms with E-state index in [2.05, 4.69) is 62.4 Å². The van der Waals surface area contributed by atoms with Crippen molar-refractivity contribution in [3.8, 4) is 11.1 Å². The highest BCUT2D eigenvalue weighted by molar-refractivity contribution is 5.69. The largest absolute Gasteiger partial charge is 0.0654 e. The van der Waals surface area contributed by atoms with Gasteiger partial charge in [0, 0.05) is 0 Å². The van der Waals surface area contributed by atoms with E-state index in [4.69, 9.17) is 0 Å². The van der Waals surface area contributed by atoms with Crippen LogP contribution in [0.1, 0.15) is 76.3 Å². The lowest BCUT2D eigenvalue weighted by Gasteiger charge is -2.39. The zero-order chi connectivity index (χ0) is 16.8. The third-order valence-corrected chi connectivity index (χ3v) is 5.84. The third kappa shape index (κ3) is 3.58. The Hall–Kier alpha value is -1.56. The Morgan fingerprint density at radius 3 is 2.17 bits per heavy atom. The van der Waals surface area contributed by atoms with Crippen molar-refractivity contribution in [3.63, 3.8) is 0 Å². The lowest BCUT2D eigenvalue weighted by Crippen LogP contribution is -2.29. The first kappa shape index (κ1) is 17.3. The van der Waals surface area contributed by atoms with E-state index in [1.165, 1.54) is 74.5 Å². The molecule has 0 bridgehead atoms. The molecule has 0 spiro atoms. The minimum atomic E-state index is 0.408. The number of hydrogen-bond acceptors (Lipinski definition) is 0. The van der Waals surface area contributed by atoms with E-state index >= 15 is 0 Å². The average molecular weight is 321 g/mol. The highest BCUT2D eigenvalue weighted by Crippen LogP contribution is 2.46. The van der Waals surface area contributed by atoms with E-state index in [1.807, 2.05) is 0 Å². The van der Waals surface area contributed by atoms with Crippen LogP contribution in [-0.4, -0.2) is 0 Å². The van der Waals surface area contributed by atoms with Gasteiger partial charge in [-0.1, -0.05) is 94.5 Å². The van der Waals surface area contributed by atoms with E-state index < -0.39 is 0 Å². The Balaban J connectivity index is 2.00. The smallest absolute Gasteiger partial charge is 0.00409 e. The Morgan fingerprint density at radius 2 is 1.50 bits per heavy atom. The fourth-order valence-electron chi connectivity index (χ4n) is 4.70. The molecule has 0 aliphatic heterocycles. The molecule has 0 atom stereocenters. The van der Waals surface area contributed by atoms with Crippen molar-refractivity contribution in [2.75, 3.05) is 0 Å². The van der Waals surface area contributed by atoms with E-state index in [-0.39, 0.29) is 0 Å². The molecule has 0 nitrogen and oxygen atoms in total. The predicted octanol–water partition coefficient (Wildman–Crippen LogP) is 7.31. The van der Waals surface area contributed by atoms with E-state index in [0.29, 0.717) is 5.41 Å². The summed E-state index contributed by atoms with van der Waals surface area (Å²) in [6.07, 6.45) is 11.9. The van der Waals surface area contributed by atoms with Crippen LogP contribution in [0.2, 0.25) is 0 Å². The van der Waals surface area contributed by atoms with Crippen LogP contribution in [0.25, 0.3) is 11.1 Å². The van der Waals surface area contributed by atoms with Gasteiger partial charge in [0.15, 0.2) is 0 Å². The minimum Gasteiger partial charge on any atom is -0.0654 e. The van der Waals surface area contributed by atoms with Gasteiger partial charge in [-0.25, -0.2) is 0 Å². The second kappa shape index (κ2) is 8.01. The molecule has 0 radical (unpaired) electrons. The van der Waals surface area contributed by atoms with Gasteiger partial charge in [0.05, 0.1) is 0 Å². The summed E-state index contributed by atoms with van der Waals surface area (Å²) in [6, 6.07) is 18.5. The molecule has 1 aliphatic carbocycles. The number of aryl methyl sites for hydroxylation is 1. The monoisotopic (exact) mass is 320 g/mol. The first-order chi connectivity index (χ1) is 11.8. The highest BCUT2D eigenvalue weighted by atomic mass is 14.4. The lowest BCUT2D eigenvalue weighted by atomic mass is 9.65. The highest BCUT2D eigenvalue weighted by Gasteiger charge is 2.34. The summed E-state index contributed by atoms with van der Waals surface area (Å²) < 4.78 is 0. The second-order valence-electron chi connectivity index (χ2n) is 7.58. The van der Waals surface area contributed by atoms with Crippen molar-refractivity contribution in [2.45, 2.75) is 77.0 Å². The van der Waals surface area contributed by atoms with Gasteiger partial charge in [0.2, 0.25) is 0 Å². The van der Waals surface area contributed by atoms with Crippen LogP contribution in [0.15, 0.2) is 48.5 Å². The first-order valence-corrected chi connectivity index (χ1v) is 9.98. The summed E-state index contributed by atoms with van der Waals surface area (Å²) in [5.41, 5.74) is 6.34. The van der Waals surface area contributed by atoms with Crippen LogP contribution in [0, 0.1) is 0 Å². The van der Waals surface area contributed by atoms with E-state index in [0.717, 1.165) is 0 Å². The number of rotatable bonds is 6. The third-order valence-electron chi connectivity index (χ3n) is 5.84. The molecule has 3 rings (SSSR count). The summed E-state index contributed by atoms with van der Waals surface area (Å²) in [7, 11) is 0. The molecule has 0 heteroatoms. The maximum atomic E-state index is 2.41. The fraction of sp³-hybridized carbons (Fsp3) is 0.500. The molecule has 1 fully saturated rings. The van der Waals surface area contributed by atoms with Gasteiger partial charge in [-0.2, -0.15) is 0 Å². The zero-order valence-electron chi connectivity index (χ0n) is 15.5. The summed E-state index contributed by atoms with van der Waals surface area (Å²) in [6.45, 7) is 4.60. The average Bonchev–Trinajstić information content (AvgIpc) is 2.64. The number of hydrogen-bond donors (Lipinski definition) is 0. The summed E-state index contributed by atoms with van der Waals surface area (Å²) in [5, 5.41) is 0. The van der Waals surface area contributed by atoms with Crippen LogP contribution in [0.4, 0.5) is 0 Å². The normalized spacial score (nSPS) is 16.9. The molecule has 0 saturated heterocycles. The molecule has 0 aromatic heterocycles. The van der Waals surface area contributed by atoms with Crippen molar-refractivity contribution in [1.29, 1.82) is 0 Å². The summed E-state index contributed by atoms with van der Waals surface area (Å²) in [4.78, 5) is 0. The molecule has 2 aromatic carbocycles. The molecule has 2 aromatic rings. The number of benzene rings is 2. The van der Waals surface area contributed by atoms with Gasteiger partial charge in [0.25, 0.3) is 0 Å². The standard InChI is InChI=1S/C24H32/c1-3-10-20-13-15-21(16-14-20)22-11-6-7-12-23(22)24(17-4-2)18-8-5-9-19-24/h6-7,11-16H,3-5,8-10,17-19H2,1-2H3. The van der Waals surface area contributed by atoms with Crippen molar-refractivity contribution >= 4 is 0 Å². The van der Waals surface area contributed by atoms with Crippen molar-refractivity contribution in [2.24, 2.45) is 0 Å². The quantitative estimate of drug-likeness (QED) is 0.523. The Bertz CT molecular complexity index is 624. The van der Waals surface area contributed by atoms with Gasteiger partial charge in [-0.3, -0.25) is 0 Å². The summed E-state index contributed by atoms with van der Waals surface area (Å²) in [5.74, 6) is 0. The Morgan fingerprint density at radius 1 is 0.792 bits per heavy atom. The van der Waals surface area contributed by atoms with Gasteiger partial charge in [0.1, 0.15) is 0 Å². The van der Waals surface area contributed by atoms with Crippen LogP contribution in [0.5, 0.6) is 0 Å². The first-order valence-electron chi connectivity index (χ1n) is 9.98. The molecule has 0 N–H and O–H groups in total. The SMILES string of the molecule is CCCc1ccc(-c2ccccc2C2(CCC)CCCCC2)cc1. The maximum absolute atomic E-state index is 2.41. The molecule has 1 aliphatic rings. The second-order valence-corrected chi connectivity index (χ2v) is 7.58. The molecular weight excluding hydrogens is 288 g/mol. The molecule has 128 valence electrons. The van der Waals surface area contributed by atoms with E-state index in [9.17, 15) is 0 Å². The molecule has 0 amide bonds. The zero-order valence-corrected chi connectivity index (χ0v) is 15.5. The Labute approximate surface area is 148 Å².